The smallest absolute Gasteiger partial charge is 0.0280 e. The lowest BCUT2D eigenvalue weighted by atomic mass is 9.81. The molecule has 0 spiro atoms. The van der Waals surface area contributed by atoms with Crippen molar-refractivity contribution in [3.8, 4) is 11.1 Å². The van der Waals surface area contributed by atoms with Crippen LogP contribution in [0.15, 0.2) is 36.4 Å². The number of aryl methyl sites for hydroxylation is 1. The maximum absolute atomic E-state index is 7.95. The SMILES string of the molecule is [2H]C([2H])([2H])c1cc(C(C)(C)C)cc(-c2cccc(C(C)(C)C)c2)c1C. The van der Waals surface area contributed by atoms with Crippen molar-refractivity contribution >= 4 is 0 Å². The minimum Gasteiger partial charge on any atom is -0.0614 e. The lowest BCUT2D eigenvalue weighted by molar-refractivity contribution is 0.589. The quantitative estimate of drug-likeness (QED) is 0.558. The second-order valence-electron chi connectivity index (χ2n) is 8.28. The van der Waals surface area contributed by atoms with E-state index < -0.39 is 6.85 Å². The molecule has 0 aliphatic carbocycles. The minimum atomic E-state index is -2.11. The molecule has 0 atom stereocenters. The highest BCUT2D eigenvalue weighted by Crippen LogP contribution is 2.34. The third-order valence-electron chi connectivity index (χ3n) is 4.31. The summed E-state index contributed by atoms with van der Waals surface area (Å²) in [6.45, 7) is 12.8. The lowest BCUT2D eigenvalue weighted by Gasteiger charge is -2.24. The molecule has 0 radical (unpaired) electrons. The molecule has 0 aliphatic rings. The van der Waals surface area contributed by atoms with Gasteiger partial charge in [-0.25, -0.2) is 0 Å². The summed E-state index contributed by atoms with van der Waals surface area (Å²) in [7, 11) is 0. The summed E-state index contributed by atoms with van der Waals surface area (Å²) in [5.41, 5.74) is 5.66. The molecule has 118 valence electrons. The Balaban J connectivity index is 2.77. The predicted molar refractivity (Wildman–Crippen MR) is 98.8 cm³/mol. The summed E-state index contributed by atoms with van der Waals surface area (Å²) in [4.78, 5) is 0. The maximum atomic E-state index is 7.95. The Kier molecular flexibility index (Phi) is 3.28. The van der Waals surface area contributed by atoms with Crippen molar-refractivity contribution in [3.63, 3.8) is 0 Å². The molecule has 0 unspecified atom stereocenters. The first-order valence-electron chi connectivity index (χ1n) is 9.48. The second kappa shape index (κ2) is 5.57. The van der Waals surface area contributed by atoms with Gasteiger partial charge in [-0.05, 0) is 58.0 Å². The fourth-order valence-corrected chi connectivity index (χ4v) is 2.60. The van der Waals surface area contributed by atoms with Crippen molar-refractivity contribution in [1.82, 2.24) is 0 Å². The molecule has 0 amide bonds. The molecule has 0 nitrogen and oxygen atoms in total. The highest BCUT2D eigenvalue weighted by molar-refractivity contribution is 5.70. The fourth-order valence-electron chi connectivity index (χ4n) is 2.60. The molecule has 0 aromatic heterocycles. The molecule has 0 aliphatic heterocycles. The van der Waals surface area contributed by atoms with Gasteiger partial charge in [-0.1, -0.05) is 77.9 Å². The molecule has 0 heterocycles. The van der Waals surface area contributed by atoms with Crippen molar-refractivity contribution in [2.75, 3.05) is 0 Å². The van der Waals surface area contributed by atoms with Crippen molar-refractivity contribution in [2.45, 2.75) is 66.1 Å². The predicted octanol–water partition coefficient (Wildman–Crippen LogP) is 6.57. The van der Waals surface area contributed by atoms with Crippen LogP contribution in [-0.4, -0.2) is 0 Å². The molecule has 0 N–H and O–H groups in total. The number of hydrogen-bond acceptors (Lipinski definition) is 0. The van der Waals surface area contributed by atoms with Crippen LogP contribution < -0.4 is 0 Å². The van der Waals surface area contributed by atoms with Crippen LogP contribution in [0.2, 0.25) is 0 Å². The van der Waals surface area contributed by atoms with Crippen LogP contribution in [0.4, 0.5) is 0 Å². The van der Waals surface area contributed by atoms with E-state index in [-0.39, 0.29) is 10.8 Å². The summed E-state index contributed by atoms with van der Waals surface area (Å²) >= 11 is 0. The van der Waals surface area contributed by atoms with Crippen LogP contribution in [0.3, 0.4) is 0 Å². The van der Waals surface area contributed by atoms with Crippen molar-refractivity contribution in [2.24, 2.45) is 0 Å². The van der Waals surface area contributed by atoms with Gasteiger partial charge in [-0.2, -0.15) is 0 Å². The van der Waals surface area contributed by atoms with Gasteiger partial charge in [0, 0.05) is 4.11 Å². The normalized spacial score (nSPS) is 15.1. The third-order valence-corrected chi connectivity index (χ3v) is 4.31. The van der Waals surface area contributed by atoms with Crippen LogP contribution in [0.25, 0.3) is 11.1 Å². The molecule has 0 heteroatoms. The molecule has 2 aromatic carbocycles. The van der Waals surface area contributed by atoms with Gasteiger partial charge in [0.2, 0.25) is 0 Å². The second-order valence-corrected chi connectivity index (χ2v) is 8.28. The molecule has 0 bridgehead atoms. The Hall–Kier alpha value is -1.56. The maximum Gasteiger partial charge on any atom is 0.0280 e. The molecular formula is C22H30. The summed E-state index contributed by atoms with van der Waals surface area (Å²) in [6.07, 6.45) is 0. The highest BCUT2D eigenvalue weighted by Gasteiger charge is 2.18. The Morgan fingerprint density at radius 1 is 0.818 bits per heavy atom. The van der Waals surface area contributed by atoms with Gasteiger partial charge in [0.1, 0.15) is 0 Å². The summed E-state index contributed by atoms with van der Waals surface area (Å²) in [5, 5.41) is 0. The standard InChI is InChI=1S/C22H30/c1-15-12-19(22(6,7)8)14-20(16(15)2)17-10-9-11-18(13-17)21(3,4)5/h9-14H,1-8H3/i1D3. The van der Waals surface area contributed by atoms with E-state index in [1.807, 2.05) is 13.0 Å². The van der Waals surface area contributed by atoms with Gasteiger partial charge >= 0.3 is 0 Å². The van der Waals surface area contributed by atoms with Gasteiger partial charge in [-0.3, -0.25) is 0 Å². The van der Waals surface area contributed by atoms with Crippen LogP contribution in [0.1, 0.15) is 67.9 Å². The van der Waals surface area contributed by atoms with Gasteiger partial charge in [0.15, 0.2) is 0 Å². The van der Waals surface area contributed by atoms with E-state index in [0.717, 1.165) is 22.3 Å². The number of rotatable bonds is 1. The van der Waals surface area contributed by atoms with E-state index in [0.29, 0.717) is 5.56 Å². The molecular weight excluding hydrogens is 264 g/mol. The van der Waals surface area contributed by atoms with Gasteiger partial charge in [-0.15, -0.1) is 0 Å². The van der Waals surface area contributed by atoms with Crippen molar-refractivity contribution < 1.29 is 4.11 Å². The molecule has 2 aromatic rings. The van der Waals surface area contributed by atoms with Gasteiger partial charge in [0.25, 0.3) is 0 Å². The zero-order chi connectivity index (χ0) is 19.2. The van der Waals surface area contributed by atoms with E-state index in [1.54, 1.807) is 0 Å². The Morgan fingerprint density at radius 3 is 2.00 bits per heavy atom. The Morgan fingerprint density at radius 2 is 1.45 bits per heavy atom. The molecule has 0 fully saturated rings. The van der Waals surface area contributed by atoms with E-state index >= 15 is 0 Å². The van der Waals surface area contributed by atoms with E-state index in [4.69, 9.17) is 4.11 Å². The van der Waals surface area contributed by atoms with Crippen molar-refractivity contribution in [1.29, 1.82) is 0 Å². The largest absolute Gasteiger partial charge is 0.0614 e. The average Bonchev–Trinajstić information content (AvgIpc) is 2.44. The van der Waals surface area contributed by atoms with E-state index in [2.05, 4.69) is 71.9 Å². The molecule has 0 saturated carbocycles. The first-order chi connectivity index (χ1) is 11.2. The highest BCUT2D eigenvalue weighted by atomic mass is 14.2. The fraction of sp³-hybridized carbons (Fsp3) is 0.455. The van der Waals surface area contributed by atoms with E-state index in [1.165, 1.54) is 5.56 Å². The average molecular weight is 298 g/mol. The summed E-state index contributed by atoms with van der Waals surface area (Å²) in [6, 6.07) is 12.5. The van der Waals surface area contributed by atoms with Crippen molar-refractivity contribution in [3.05, 3.63) is 58.7 Å². The first kappa shape index (κ1) is 12.9. The van der Waals surface area contributed by atoms with Gasteiger partial charge in [0.05, 0.1) is 0 Å². The molecule has 0 saturated heterocycles. The summed E-state index contributed by atoms with van der Waals surface area (Å²) < 4.78 is 23.8. The van der Waals surface area contributed by atoms with Crippen LogP contribution in [0.5, 0.6) is 0 Å². The van der Waals surface area contributed by atoms with Crippen LogP contribution in [-0.2, 0) is 10.8 Å². The Bertz CT molecular complexity index is 769. The third kappa shape index (κ3) is 3.43. The van der Waals surface area contributed by atoms with Gasteiger partial charge < -0.3 is 0 Å². The number of benzene rings is 2. The monoisotopic (exact) mass is 297 g/mol. The summed E-state index contributed by atoms with van der Waals surface area (Å²) in [5.74, 6) is 0. The zero-order valence-corrected chi connectivity index (χ0v) is 15.0. The topological polar surface area (TPSA) is 0 Å². The van der Waals surface area contributed by atoms with E-state index in [9.17, 15) is 0 Å². The zero-order valence-electron chi connectivity index (χ0n) is 18.0. The van der Waals surface area contributed by atoms with Crippen LogP contribution >= 0.6 is 0 Å². The Labute approximate surface area is 140 Å². The molecule has 2 rings (SSSR count). The van der Waals surface area contributed by atoms with Crippen LogP contribution in [0, 0.1) is 13.8 Å². The first-order valence-corrected chi connectivity index (χ1v) is 7.98. The lowest BCUT2D eigenvalue weighted by Crippen LogP contribution is -2.12. The minimum absolute atomic E-state index is 0.0540. The molecule has 22 heavy (non-hydrogen) atoms. The number of hydrogen-bond donors (Lipinski definition) is 0.